The molecule has 7 heteroatoms. The maximum Gasteiger partial charge on any atom is 0.225 e. The van der Waals surface area contributed by atoms with Crippen molar-refractivity contribution in [1.29, 1.82) is 0 Å². The lowest BCUT2D eigenvalue weighted by Gasteiger charge is -2.35. The number of carbonyl (C=O) groups excluding carboxylic acids is 2. The van der Waals surface area contributed by atoms with E-state index in [2.05, 4.69) is 4.98 Å². The average Bonchev–Trinajstić information content (AvgIpc) is 3.27. The second-order valence-electron chi connectivity index (χ2n) is 8.08. The van der Waals surface area contributed by atoms with Crippen molar-refractivity contribution in [2.24, 2.45) is 5.92 Å². The van der Waals surface area contributed by atoms with Crippen LogP contribution in [-0.2, 0) is 20.7 Å². The quantitative estimate of drug-likeness (QED) is 0.756. The lowest BCUT2D eigenvalue weighted by atomic mass is 9.95. The van der Waals surface area contributed by atoms with Crippen molar-refractivity contribution < 1.29 is 18.7 Å². The molecule has 0 spiro atoms. The van der Waals surface area contributed by atoms with Gasteiger partial charge in [0.05, 0.1) is 19.4 Å². The zero-order chi connectivity index (χ0) is 20.9. The third-order valence-electron chi connectivity index (χ3n) is 5.96. The van der Waals surface area contributed by atoms with Crippen LogP contribution in [0.15, 0.2) is 34.9 Å². The van der Waals surface area contributed by atoms with Crippen molar-refractivity contribution in [2.45, 2.75) is 32.6 Å². The number of hydrogen-bond acceptors (Lipinski definition) is 5. The zero-order valence-corrected chi connectivity index (χ0v) is 17.5. The predicted molar refractivity (Wildman–Crippen MR) is 112 cm³/mol. The van der Waals surface area contributed by atoms with Crippen LogP contribution in [0.1, 0.15) is 30.7 Å². The highest BCUT2D eigenvalue weighted by Crippen LogP contribution is 2.23. The highest BCUT2D eigenvalue weighted by atomic mass is 16.5. The van der Waals surface area contributed by atoms with Crippen LogP contribution in [0.4, 0.5) is 0 Å². The Morgan fingerprint density at radius 1 is 1.03 bits per heavy atom. The van der Waals surface area contributed by atoms with Crippen molar-refractivity contribution in [3.63, 3.8) is 0 Å². The van der Waals surface area contributed by atoms with Gasteiger partial charge in [-0.3, -0.25) is 9.59 Å². The summed E-state index contributed by atoms with van der Waals surface area (Å²) < 4.78 is 11.1. The number of benzene rings is 1. The Morgan fingerprint density at radius 2 is 1.73 bits per heavy atom. The van der Waals surface area contributed by atoms with Gasteiger partial charge in [0.15, 0.2) is 11.7 Å². The zero-order valence-electron chi connectivity index (χ0n) is 17.5. The van der Waals surface area contributed by atoms with Gasteiger partial charge in [-0.05, 0) is 19.8 Å². The van der Waals surface area contributed by atoms with Crippen molar-refractivity contribution >= 4 is 11.8 Å². The number of morpholine rings is 1. The minimum Gasteiger partial charge on any atom is -0.441 e. The maximum absolute atomic E-state index is 12.6. The van der Waals surface area contributed by atoms with E-state index in [4.69, 9.17) is 9.15 Å². The molecule has 2 saturated heterocycles. The summed E-state index contributed by atoms with van der Waals surface area (Å²) in [7, 11) is 0. The predicted octanol–water partition coefficient (Wildman–Crippen LogP) is 2.68. The Morgan fingerprint density at radius 3 is 2.43 bits per heavy atom. The summed E-state index contributed by atoms with van der Waals surface area (Å²) in [5.74, 6) is 1.64. The fraction of sp³-hybridized carbons (Fsp3) is 0.522. The molecule has 160 valence electrons. The molecular formula is C23H29N3O4. The molecule has 0 aliphatic carbocycles. The topological polar surface area (TPSA) is 75.9 Å². The highest BCUT2D eigenvalue weighted by molar-refractivity contribution is 5.80. The van der Waals surface area contributed by atoms with E-state index in [9.17, 15) is 9.59 Å². The molecule has 2 aliphatic rings. The minimum absolute atomic E-state index is 0.0240. The molecular weight excluding hydrogens is 382 g/mol. The van der Waals surface area contributed by atoms with Crippen LogP contribution in [0.2, 0.25) is 0 Å². The van der Waals surface area contributed by atoms with Crippen molar-refractivity contribution in [3.05, 3.63) is 41.9 Å². The number of amides is 2. The van der Waals surface area contributed by atoms with Crippen LogP contribution in [0, 0.1) is 12.8 Å². The number of hydrogen-bond donors (Lipinski definition) is 0. The van der Waals surface area contributed by atoms with Gasteiger partial charge < -0.3 is 19.0 Å². The molecule has 0 atom stereocenters. The Hall–Kier alpha value is -2.67. The fourth-order valence-corrected chi connectivity index (χ4v) is 4.07. The third kappa shape index (κ3) is 4.90. The summed E-state index contributed by atoms with van der Waals surface area (Å²) in [4.78, 5) is 33.3. The van der Waals surface area contributed by atoms with Crippen molar-refractivity contribution in [1.82, 2.24) is 14.8 Å². The molecule has 4 rings (SSSR count). The normalized spacial score (nSPS) is 17.9. The van der Waals surface area contributed by atoms with Crippen LogP contribution < -0.4 is 0 Å². The molecule has 2 fully saturated rings. The van der Waals surface area contributed by atoms with Crippen LogP contribution in [-0.4, -0.2) is 66.0 Å². The first-order valence-corrected chi connectivity index (χ1v) is 10.8. The number of oxazole rings is 1. The van der Waals surface area contributed by atoms with E-state index < -0.39 is 0 Å². The van der Waals surface area contributed by atoms with Gasteiger partial charge >= 0.3 is 0 Å². The number of carbonyl (C=O) groups is 2. The molecule has 3 heterocycles. The summed E-state index contributed by atoms with van der Waals surface area (Å²) in [5.41, 5.74) is 2.18. The van der Waals surface area contributed by atoms with Gasteiger partial charge in [-0.15, -0.1) is 0 Å². The molecule has 2 aromatic rings. The molecule has 1 aromatic carbocycles. The second-order valence-corrected chi connectivity index (χ2v) is 8.08. The summed E-state index contributed by atoms with van der Waals surface area (Å²) in [6.07, 6.45) is 4.04. The van der Waals surface area contributed by atoms with Gasteiger partial charge in [-0.1, -0.05) is 29.8 Å². The Labute approximate surface area is 177 Å². The molecule has 7 nitrogen and oxygen atoms in total. The largest absolute Gasteiger partial charge is 0.441 e. The lowest BCUT2D eigenvalue weighted by molar-refractivity contribution is -0.143. The first kappa shape index (κ1) is 20.6. The maximum atomic E-state index is 12.6. The smallest absolute Gasteiger partial charge is 0.225 e. The van der Waals surface area contributed by atoms with Crippen molar-refractivity contribution in [3.8, 4) is 11.3 Å². The fourth-order valence-electron chi connectivity index (χ4n) is 4.07. The second kappa shape index (κ2) is 9.43. The molecule has 0 radical (unpaired) electrons. The standard InChI is InChI=1S/C23H29N3O4/c1-17-2-4-18(5-3-17)20-16-24-21(30-20)6-7-22(27)25-10-8-19(9-11-25)23(28)26-12-14-29-15-13-26/h2-5,16,19H,6-15H2,1H3. The number of nitrogens with zero attached hydrogens (tertiary/aromatic N) is 3. The van der Waals surface area contributed by atoms with E-state index in [0.717, 1.165) is 24.2 Å². The third-order valence-corrected chi connectivity index (χ3v) is 5.96. The van der Waals surface area contributed by atoms with Gasteiger partial charge in [0.25, 0.3) is 0 Å². The Bertz CT molecular complexity index is 863. The van der Waals surface area contributed by atoms with Crippen LogP contribution in [0.3, 0.4) is 0 Å². The number of likely N-dealkylation sites (tertiary alicyclic amines) is 1. The number of aryl methyl sites for hydroxylation is 2. The van der Waals surface area contributed by atoms with Gasteiger partial charge in [0.1, 0.15) is 0 Å². The molecule has 0 saturated carbocycles. The van der Waals surface area contributed by atoms with Gasteiger partial charge in [-0.2, -0.15) is 0 Å². The summed E-state index contributed by atoms with van der Waals surface area (Å²) >= 11 is 0. The molecule has 2 aliphatic heterocycles. The van der Waals surface area contributed by atoms with E-state index >= 15 is 0 Å². The monoisotopic (exact) mass is 411 g/mol. The Kier molecular flexibility index (Phi) is 6.47. The van der Waals surface area contributed by atoms with Crippen LogP contribution in [0.25, 0.3) is 11.3 Å². The summed E-state index contributed by atoms with van der Waals surface area (Å²) in [6, 6.07) is 8.09. The van der Waals surface area contributed by atoms with Crippen LogP contribution in [0.5, 0.6) is 0 Å². The van der Waals surface area contributed by atoms with E-state index in [1.165, 1.54) is 5.56 Å². The number of aromatic nitrogens is 1. The minimum atomic E-state index is 0.0240. The average molecular weight is 412 g/mol. The lowest BCUT2D eigenvalue weighted by Crippen LogP contribution is -2.47. The molecule has 0 N–H and O–H groups in total. The number of rotatable bonds is 5. The first-order chi connectivity index (χ1) is 14.6. The molecule has 0 bridgehead atoms. The number of piperidine rings is 1. The van der Waals surface area contributed by atoms with Gasteiger partial charge in [0.2, 0.25) is 11.8 Å². The van der Waals surface area contributed by atoms with E-state index in [1.54, 1.807) is 6.20 Å². The molecule has 30 heavy (non-hydrogen) atoms. The molecule has 1 aromatic heterocycles. The Balaban J connectivity index is 1.23. The van der Waals surface area contributed by atoms with E-state index in [1.807, 2.05) is 41.0 Å². The van der Waals surface area contributed by atoms with Crippen molar-refractivity contribution in [2.75, 3.05) is 39.4 Å². The highest BCUT2D eigenvalue weighted by Gasteiger charge is 2.30. The van der Waals surface area contributed by atoms with E-state index in [0.29, 0.717) is 58.1 Å². The van der Waals surface area contributed by atoms with Gasteiger partial charge in [0, 0.05) is 50.5 Å². The first-order valence-electron chi connectivity index (χ1n) is 10.8. The summed E-state index contributed by atoms with van der Waals surface area (Å²) in [5, 5.41) is 0. The number of ether oxygens (including phenoxy) is 1. The molecule has 0 unspecified atom stereocenters. The van der Waals surface area contributed by atoms with Gasteiger partial charge in [-0.25, -0.2) is 4.98 Å². The molecule has 2 amide bonds. The SMILES string of the molecule is Cc1ccc(-c2cnc(CCC(=O)N3CCC(C(=O)N4CCOCC4)CC3)o2)cc1. The van der Waals surface area contributed by atoms with E-state index in [-0.39, 0.29) is 17.7 Å². The van der Waals surface area contributed by atoms with Crippen LogP contribution >= 0.6 is 0 Å². The summed E-state index contributed by atoms with van der Waals surface area (Å²) in [6.45, 7) is 5.92.